The number of hydrogen-bond acceptors (Lipinski definition) is 3. The normalized spacial score (nSPS) is 13.4. The Labute approximate surface area is 126 Å². The molecule has 21 heavy (non-hydrogen) atoms. The maximum atomic E-state index is 12.2. The molecule has 2 amide bonds. The molecule has 5 nitrogen and oxygen atoms in total. The van der Waals surface area contributed by atoms with Gasteiger partial charge in [-0.25, -0.2) is 0 Å². The number of nitrogens with one attached hydrogen (secondary N) is 1. The van der Waals surface area contributed by atoms with E-state index in [9.17, 15) is 9.59 Å². The van der Waals surface area contributed by atoms with Gasteiger partial charge < -0.3 is 16.0 Å². The maximum Gasteiger partial charge on any atom is 0.253 e. The van der Waals surface area contributed by atoms with Crippen LogP contribution in [0.2, 0.25) is 0 Å². The third-order valence-corrected chi connectivity index (χ3v) is 3.69. The Morgan fingerprint density at radius 2 is 1.67 bits per heavy atom. The van der Waals surface area contributed by atoms with Crippen molar-refractivity contribution in [1.29, 1.82) is 0 Å². The first-order valence-electron chi connectivity index (χ1n) is 7.35. The lowest BCUT2D eigenvalue weighted by molar-refractivity contribution is -0.120. The van der Waals surface area contributed by atoms with Gasteiger partial charge in [-0.05, 0) is 51.5 Å². The van der Waals surface area contributed by atoms with Crippen LogP contribution in [0.25, 0.3) is 0 Å². The molecule has 116 valence electrons. The van der Waals surface area contributed by atoms with Crippen LogP contribution in [0.4, 0.5) is 5.69 Å². The third kappa shape index (κ3) is 4.29. The Hall–Kier alpha value is -1.88. The summed E-state index contributed by atoms with van der Waals surface area (Å²) >= 11 is 0. The molecule has 5 heteroatoms. The van der Waals surface area contributed by atoms with Crippen LogP contribution in [0.1, 0.15) is 44.5 Å². The topological polar surface area (TPSA) is 75.4 Å². The highest BCUT2D eigenvalue weighted by atomic mass is 16.2. The molecule has 1 aromatic carbocycles. The van der Waals surface area contributed by atoms with Crippen molar-refractivity contribution in [2.75, 3.05) is 18.4 Å². The van der Waals surface area contributed by atoms with Crippen molar-refractivity contribution in [2.45, 2.75) is 39.7 Å². The number of benzene rings is 1. The Balaban J connectivity index is 2.79. The lowest BCUT2D eigenvalue weighted by Gasteiger charge is -2.22. The Kier molecular flexibility index (Phi) is 5.90. The molecule has 0 fully saturated rings. The molecule has 0 spiro atoms. The van der Waals surface area contributed by atoms with Crippen LogP contribution in [0.15, 0.2) is 24.3 Å². The van der Waals surface area contributed by atoms with Crippen LogP contribution in [0.3, 0.4) is 0 Å². The summed E-state index contributed by atoms with van der Waals surface area (Å²) in [6, 6.07) is 6.88. The monoisotopic (exact) mass is 291 g/mol. The van der Waals surface area contributed by atoms with Crippen molar-refractivity contribution >= 4 is 17.5 Å². The van der Waals surface area contributed by atoms with Crippen LogP contribution < -0.4 is 11.1 Å². The minimum absolute atomic E-state index is 0.00454. The molecule has 0 saturated heterocycles. The third-order valence-electron chi connectivity index (χ3n) is 3.69. The molecule has 0 aliphatic carbocycles. The van der Waals surface area contributed by atoms with Gasteiger partial charge in [-0.1, -0.05) is 6.92 Å². The summed E-state index contributed by atoms with van der Waals surface area (Å²) in [4.78, 5) is 25.9. The van der Waals surface area contributed by atoms with Gasteiger partial charge in [0.05, 0.1) is 5.54 Å². The number of carbonyl (C=O) groups excluding carboxylic acids is 2. The molecule has 1 aromatic rings. The molecule has 1 unspecified atom stereocenters. The molecule has 0 bridgehead atoms. The molecule has 0 aliphatic heterocycles. The first kappa shape index (κ1) is 17.2. The largest absolute Gasteiger partial charge is 0.339 e. The fourth-order valence-electron chi connectivity index (χ4n) is 1.82. The Bertz CT molecular complexity index is 491. The second-order valence-electron chi connectivity index (χ2n) is 5.28. The zero-order valence-electron chi connectivity index (χ0n) is 13.3. The number of rotatable bonds is 6. The van der Waals surface area contributed by atoms with E-state index < -0.39 is 5.54 Å². The lowest BCUT2D eigenvalue weighted by atomic mass is 9.99. The van der Waals surface area contributed by atoms with Crippen molar-refractivity contribution in [3.8, 4) is 0 Å². The van der Waals surface area contributed by atoms with Crippen molar-refractivity contribution in [2.24, 2.45) is 5.73 Å². The molecule has 0 heterocycles. The molecular weight excluding hydrogens is 266 g/mol. The van der Waals surface area contributed by atoms with Gasteiger partial charge in [-0.2, -0.15) is 0 Å². The Morgan fingerprint density at radius 1 is 1.14 bits per heavy atom. The summed E-state index contributed by atoms with van der Waals surface area (Å²) < 4.78 is 0. The van der Waals surface area contributed by atoms with Gasteiger partial charge in [0.25, 0.3) is 5.91 Å². The van der Waals surface area contributed by atoms with E-state index in [1.54, 1.807) is 36.1 Å². The van der Waals surface area contributed by atoms with Gasteiger partial charge in [-0.3, -0.25) is 9.59 Å². The van der Waals surface area contributed by atoms with Crippen molar-refractivity contribution in [3.63, 3.8) is 0 Å². The number of carbonyl (C=O) groups is 2. The summed E-state index contributed by atoms with van der Waals surface area (Å²) in [6.45, 7) is 8.81. The fraction of sp³-hybridized carbons (Fsp3) is 0.500. The van der Waals surface area contributed by atoms with E-state index in [1.807, 2.05) is 20.8 Å². The first-order valence-corrected chi connectivity index (χ1v) is 7.35. The number of nitrogens with zero attached hydrogens (tertiary/aromatic N) is 1. The van der Waals surface area contributed by atoms with Gasteiger partial charge in [0, 0.05) is 24.3 Å². The highest BCUT2D eigenvalue weighted by Gasteiger charge is 2.25. The highest BCUT2D eigenvalue weighted by molar-refractivity contribution is 5.98. The summed E-state index contributed by atoms with van der Waals surface area (Å²) in [7, 11) is 0. The van der Waals surface area contributed by atoms with Gasteiger partial charge in [0.1, 0.15) is 0 Å². The Morgan fingerprint density at radius 3 is 2.10 bits per heavy atom. The number of nitrogens with two attached hydrogens (primary N) is 1. The zero-order valence-corrected chi connectivity index (χ0v) is 13.3. The zero-order chi connectivity index (χ0) is 16.0. The fourth-order valence-corrected chi connectivity index (χ4v) is 1.82. The molecule has 0 saturated carbocycles. The van der Waals surface area contributed by atoms with E-state index in [0.29, 0.717) is 30.8 Å². The number of hydrogen-bond donors (Lipinski definition) is 2. The second-order valence-corrected chi connectivity index (χ2v) is 5.28. The minimum atomic E-state index is -0.893. The van der Waals surface area contributed by atoms with Gasteiger partial charge in [0.2, 0.25) is 5.91 Å². The first-order chi connectivity index (χ1) is 9.85. The second kappa shape index (κ2) is 7.22. The van der Waals surface area contributed by atoms with E-state index in [1.165, 1.54) is 0 Å². The average Bonchev–Trinajstić information content (AvgIpc) is 2.49. The molecule has 1 rings (SSSR count). The van der Waals surface area contributed by atoms with Crippen LogP contribution >= 0.6 is 0 Å². The molecule has 0 radical (unpaired) electrons. The molecule has 0 aliphatic rings. The van der Waals surface area contributed by atoms with Crippen LogP contribution in [-0.4, -0.2) is 35.3 Å². The van der Waals surface area contributed by atoms with Crippen molar-refractivity contribution in [1.82, 2.24) is 4.90 Å². The van der Waals surface area contributed by atoms with Gasteiger partial charge in [0.15, 0.2) is 0 Å². The van der Waals surface area contributed by atoms with E-state index in [2.05, 4.69) is 5.32 Å². The standard InChI is InChI=1S/C16H25N3O2/c1-5-16(4,17)15(21)18-13-10-8-12(9-11-13)14(20)19(6-2)7-3/h8-11H,5-7,17H2,1-4H3,(H,18,21). The predicted molar refractivity (Wildman–Crippen MR) is 85.2 cm³/mol. The molecule has 0 aromatic heterocycles. The minimum Gasteiger partial charge on any atom is -0.339 e. The van der Waals surface area contributed by atoms with E-state index in [0.717, 1.165) is 0 Å². The van der Waals surface area contributed by atoms with Crippen LogP contribution in [0.5, 0.6) is 0 Å². The summed E-state index contributed by atoms with van der Waals surface area (Å²) in [5.74, 6) is -0.233. The highest BCUT2D eigenvalue weighted by Crippen LogP contribution is 2.14. The van der Waals surface area contributed by atoms with E-state index in [-0.39, 0.29) is 11.8 Å². The SMILES string of the molecule is CCN(CC)C(=O)c1ccc(NC(=O)C(C)(N)CC)cc1. The number of amides is 2. The predicted octanol–water partition coefficient (Wildman–Crippen LogP) is 2.23. The van der Waals surface area contributed by atoms with Crippen LogP contribution in [-0.2, 0) is 4.79 Å². The molecule has 1 atom stereocenters. The average molecular weight is 291 g/mol. The smallest absolute Gasteiger partial charge is 0.253 e. The van der Waals surface area contributed by atoms with Crippen molar-refractivity contribution < 1.29 is 9.59 Å². The molecule has 3 N–H and O–H groups in total. The van der Waals surface area contributed by atoms with E-state index >= 15 is 0 Å². The summed E-state index contributed by atoms with van der Waals surface area (Å²) in [6.07, 6.45) is 0.553. The van der Waals surface area contributed by atoms with Crippen LogP contribution in [0, 0.1) is 0 Å². The number of anilines is 1. The maximum absolute atomic E-state index is 12.2. The van der Waals surface area contributed by atoms with E-state index in [4.69, 9.17) is 5.73 Å². The quantitative estimate of drug-likeness (QED) is 0.844. The summed E-state index contributed by atoms with van der Waals surface area (Å²) in [5.41, 5.74) is 6.25. The summed E-state index contributed by atoms with van der Waals surface area (Å²) in [5, 5.41) is 2.77. The lowest BCUT2D eigenvalue weighted by Crippen LogP contribution is -2.47. The van der Waals surface area contributed by atoms with Gasteiger partial charge in [-0.15, -0.1) is 0 Å². The van der Waals surface area contributed by atoms with Crippen molar-refractivity contribution in [3.05, 3.63) is 29.8 Å². The molecular formula is C16H25N3O2. The van der Waals surface area contributed by atoms with Gasteiger partial charge >= 0.3 is 0 Å².